The Kier molecular flexibility index (Phi) is 7.77. The Morgan fingerprint density at radius 3 is 2.12 bits per heavy atom. The Labute approximate surface area is 191 Å². The molecule has 0 aliphatic carbocycles. The Hall–Kier alpha value is -2.86. The molecule has 0 spiro atoms. The molecule has 0 atom stereocenters. The van der Waals surface area contributed by atoms with Gasteiger partial charge in [0.15, 0.2) is 0 Å². The molecule has 2 aromatic rings. The van der Waals surface area contributed by atoms with Crippen LogP contribution in [0.15, 0.2) is 54.6 Å². The molecule has 2 N–H and O–H groups in total. The minimum Gasteiger partial charge on any atom is -0.325 e. The van der Waals surface area contributed by atoms with Crippen molar-refractivity contribution in [2.45, 2.75) is 38.5 Å². The molecule has 2 fully saturated rings. The molecule has 3 amide bonds. The van der Waals surface area contributed by atoms with Crippen LogP contribution < -0.4 is 10.6 Å². The van der Waals surface area contributed by atoms with Crippen LogP contribution in [0.5, 0.6) is 0 Å². The topological polar surface area (TPSA) is 64.7 Å². The van der Waals surface area contributed by atoms with E-state index in [1.807, 2.05) is 41.3 Å². The monoisotopic (exact) mass is 434 g/mol. The highest BCUT2D eigenvalue weighted by atomic mass is 16.2. The third-order valence-corrected chi connectivity index (χ3v) is 6.52. The van der Waals surface area contributed by atoms with Gasteiger partial charge in [-0.05, 0) is 75.0 Å². The fourth-order valence-electron chi connectivity index (χ4n) is 4.67. The van der Waals surface area contributed by atoms with E-state index in [1.54, 1.807) is 18.2 Å². The molecule has 170 valence electrons. The summed E-state index contributed by atoms with van der Waals surface area (Å²) in [7, 11) is 0. The average molecular weight is 435 g/mol. The van der Waals surface area contributed by atoms with Gasteiger partial charge in [-0.2, -0.15) is 0 Å². The highest BCUT2D eigenvalue weighted by Gasteiger charge is 2.24. The standard InChI is InChI=1S/C26H34N4O2/c31-25(22-9-4-3-5-10-22)27-23-11-8-12-24(19-23)28-26(32)30-17-13-21(14-18-30)20-29-15-6-1-2-7-16-29/h3-5,8-12,19,21H,1-2,6-7,13-18,20H2,(H,27,31)(H,28,32). The lowest BCUT2D eigenvalue weighted by Crippen LogP contribution is -2.43. The number of piperidine rings is 1. The van der Waals surface area contributed by atoms with Crippen molar-refractivity contribution in [3.63, 3.8) is 0 Å². The molecular formula is C26H34N4O2. The largest absolute Gasteiger partial charge is 0.325 e. The van der Waals surface area contributed by atoms with E-state index in [4.69, 9.17) is 0 Å². The summed E-state index contributed by atoms with van der Waals surface area (Å²) in [6, 6.07) is 16.3. The number of hydrogen-bond acceptors (Lipinski definition) is 3. The van der Waals surface area contributed by atoms with E-state index < -0.39 is 0 Å². The lowest BCUT2D eigenvalue weighted by Gasteiger charge is -2.34. The number of carbonyl (C=O) groups excluding carboxylic acids is 2. The van der Waals surface area contributed by atoms with E-state index in [1.165, 1.54) is 45.3 Å². The van der Waals surface area contributed by atoms with Crippen molar-refractivity contribution in [2.75, 3.05) is 43.4 Å². The lowest BCUT2D eigenvalue weighted by atomic mass is 9.96. The zero-order valence-electron chi connectivity index (χ0n) is 18.8. The van der Waals surface area contributed by atoms with Gasteiger partial charge < -0.3 is 20.4 Å². The maximum absolute atomic E-state index is 12.8. The molecule has 32 heavy (non-hydrogen) atoms. The molecule has 0 aromatic heterocycles. The number of benzene rings is 2. The molecule has 2 aromatic carbocycles. The molecule has 2 aliphatic heterocycles. The molecule has 4 rings (SSSR count). The number of nitrogens with one attached hydrogen (secondary N) is 2. The molecule has 0 saturated carbocycles. The van der Waals surface area contributed by atoms with Crippen LogP contribution in [0.1, 0.15) is 48.9 Å². The van der Waals surface area contributed by atoms with E-state index >= 15 is 0 Å². The zero-order valence-corrected chi connectivity index (χ0v) is 18.8. The molecule has 0 unspecified atom stereocenters. The number of nitrogens with zero attached hydrogens (tertiary/aromatic N) is 2. The quantitative estimate of drug-likeness (QED) is 0.691. The van der Waals surface area contributed by atoms with E-state index in [9.17, 15) is 9.59 Å². The van der Waals surface area contributed by atoms with Crippen LogP contribution in [0, 0.1) is 5.92 Å². The summed E-state index contributed by atoms with van der Waals surface area (Å²) < 4.78 is 0. The normalized spacial score (nSPS) is 18.1. The van der Waals surface area contributed by atoms with Crippen LogP contribution in [0.4, 0.5) is 16.2 Å². The van der Waals surface area contributed by atoms with Crippen molar-refractivity contribution < 1.29 is 9.59 Å². The number of amides is 3. The van der Waals surface area contributed by atoms with Gasteiger partial charge in [0.05, 0.1) is 0 Å². The van der Waals surface area contributed by atoms with Crippen molar-refractivity contribution >= 4 is 23.3 Å². The number of carbonyl (C=O) groups is 2. The maximum atomic E-state index is 12.8. The van der Waals surface area contributed by atoms with Gasteiger partial charge in [-0.1, -0.05) is 37.1 Å². The summed E-state index contributed by atoms with van der Waals surface area (Å²) in [5.41, 5.74) is 1.95. The third-order valence-electron chi connectivity index (χ3n) is 6.52. The number of anilines is 2. The predicted octanol–water partition coefficient (Wildman–Crippen LogP) is 5.06. The Bertz CT molecular complexity index is 886. The Morgan fingerprint density at radius 2 is 1.44 bits per heavy atom. The summed E-state index contributed by atoms with van der Waals surface area (Å²) in [6.45, 7) is 5.25. The summed E-state index contributed by atoms with van der Waals surface area (Å²) in [4.78, 5) is 29.7. The van der Waals surface area contributed by atoms with Crippen LogP contribution in [-0.2, 0) is 0 Å². The summed E-state index contributed by atoms with van der Waals surface area (Å²) in [5, 5.41) is 5.89. The third kappa shape index (κ3) is 6.33. The van der Waals surface area contributed by atoms with Crippen LogP contribution in [-0.4, -0.2) is 54.5 Å². The lowest BCUT2D eigenvalue weighted by molar-refractivity contribution is 0.102. The first-order valence-corrected chi connectivity index (χ1v) is 11.9. The SMILES string of the molecule is O=C(Nc1cccc(NC(=O)N2CCC(CN3CCCCCC3)CC2)c1)c1ccccc1. The van der Waals surface area contributed by atoms with Gasteiger partial charge in [-0.3, -0.25) is 4.79 Å². The van der Waals surface area contributed by atoms with Gasteiger partial charge in [-0.15, -0.1) is 0 Å². The smallest absolute Gasteiger partial charge is 0.321 e. The van der Waals surface area contributed by atoms with Crippen LogP contribution in [0.3, 0.4) is 0 Å². The van der Waals surface area contributed by atoms with Gasteiger partial charge >= 0.3 is 6.03 Å². The molecule has 0 radical (unpaired) electrons. The minimum atomic E-state index is -0.166. The minimum absolute atomic E-state index is 0.0650. The van der Waals surface area contributed by atoms with E-state index in [0.717, 1.165) is 25.9 Å². The van der Waals surface area contributed by atoms with Gasteiger partial charge in [-0.25, -0.2) is 4.79 Å². The average Bonchev–Trinajstić information content (AvgIpc) is 3.09. The Balaban J connectivity index is 1.25. The fourth-order valence-corrected chi connectivity index (χ4v) is 4.67. The molecule has 2 heterocycles. The van der Waals surface area contributed by atoms with E-state index in [2.05, 4.69) is 15.5 Å². The molecule has 2 saturated heterocycles. The number of likely N-dealkylation sites (tertiary alicyclic amines) is 2. The number of hydrogen-bond donors (Lipinski definition) is 2. The second-order valence-corrected chi connectivity index (χ2v) is 8.98. The second-order valence-electron chi connectivity index (χ2n) is 8.98. The molecule has 0 bridgehead atoms. The molecule has 2 aliphatic rings. The molecule has 6 heteroatoms. The van der Waals surface area contributed by atoms with Gasteiger partial charge in [0, 0.05) is 36.6 Å². The fraction of sp³-hybridized carbons (Fsp3) is 0.462. The first kappa shape index (κ1) is 22.3. The maximum Gasteiger partial charge on any atom is 0.321 e. The molecular weight excluding hydrogens is 400 g/mol. The van der Waals surface area contributed by atoms with E-state index in [0.29, 0.717) is 22.9 Å². The van der Waals surface area contributed by atoms with Crippen LogP contribution >= 0.6 is 0 Å². The number of rotatable bonds is 5. The second kappa shape index (κ2) is 11.1. The number of urea groups is 1. The summed E-state index contributed by atoms with van der Waals surface area (Å²) in [5.74, 6) is 0.522. The Morgan fingerprint density at radius 1 is 0.781 bits per heavy atom. The van der Waals surface area contributed by atoms with Crippen molar-refractivity contribution in [2.24, 2.45) is 5.92 Å². The van der Waals surface area contributed by atoms with Crippen molar-refractivity contribution in [3.8, 4) is 0 Å². The highest BCUT2D eigenvalue weighted by molar-refractivity contribution is 6.04. The van der Waals surface area contributed by atoms with Gasteiger partial charge in [0.1, 0.15) is 0 Å². The van der Waals surface area contributed by atoms with Crippen molar-refractivity contribution in [3.05, 3.63) is 60.2 Å². The van der Waals surface area contributed by atoms with Crippen molar-refractivity contribution in [1.82, 2.24) is 9.80 Å². The van der Waals surface area contributed by atoms with Crippen LogP contribution in [0.25, 0.3) is 0 Å². The van der Waals surface area contributed by atoms with Gasteiger partial charge in [0.25, 0.3) is 5.91 Å². The van der Waals surface area contributed by atoms with Crippen LogP contribution in [0.2, 0.25) is 0 Å². The highest BCUT2D eigenvalue weighted by Crippen LogP contribution is 2.22. The van der Waals surface area contributed by atoms with Gasteiger partial charge in [0.2, 0.25) is 0 Å². The summed E-state index contributed by atoms with van der Waals surface area (Å²) >= 11 is 0. The molecule has 6 nitrogen and oxygen atoms in total. The van der Waals surface area contributed by atoms with Crippen molar-refractivity contribution in [1.29, 1.82) is 0 Å². The first-order valence-electron chi connectivity index (χ1n) is 11.9. The zero-order chi connectivity index (χ0) is 22.2. The van der Waals surface area contributed by atoms with E-state index in [-0.39, 0.29) is 11.9 Å². The summed E-state index contributed by atoms with van der Waals surface area (Å²) in [6.07, 6.45) is 7.52. The first-order chi connectivity index (χ1) is 15.7. The predicted molar refractivity (Wildman–Crippen MR) is 129 cm³/mol.